The molecule has 1 aliphatic heterocycles. The van der Waals surface area contributed by atoms with Gasteiger partial charge in [-0.2, -0.15) is 0 Å². The van der Waals surface area contributed by atoms with Crippen molar-refractivity contribution in [2.45, 2.75) is 26.1 Å². The molecule has 1 N–H and O–H groups in total. The molecule has 0 saturated carbocycles. The summed E-state index contributed by atoms with van der Waals surface area (Å²) in [6, 6.07) is 0. The fourth-order valence-electron chi connectivity index (χ4n) is 1.90. The van der Waals surface area contributed by atoms with Gasteiger partial charge in [-0.05, 0) is 12.3 Å². The number of aromatic carboxylic acids is 1. The summed E-state index contributed by atoms with van der Waals surface area (Å²) < 4.78 is 15.6. The van der Waals surface area contributed by atoms with Crippen LogP contribution in [0.25, 0.3) is 0 Å². The molecular formula is C11H15NO5. The SMILES string of the molecule is COCc1nc(C2OCCC2C)oc1C(=O)O. The molecule has 2 atom stereocenters. The number of hydrogen-bond acceptors (Lipinski definition) is 5. The number of oxazole rings is 1. The summed E-state index contributed by atoms with van der Waals surface area (Å²) in [5.41, 5.74) is 0.303. The highest BCUT2D eigenvalue weighted by Crippen LogP contribution is 2.34. The fraction of sp³-hybridized carbons (Fsp3) is 0.636. The Balaban J connectivity index is 2.29. The predicted octanol–water partition coefficient (Wildman–Crippen LogP) is 1.62. The van der Waals surface area contributed by atoms with E-state index < -0.39 is 5.97 Å². The third-order valence-corrected chi connectivity index (χ3v) is 2.82. The largest absolute Gasteiger partial charge is 0.475 e. The first-order valence-electron chi connectivity index (χ1n) is 5.47. The molecule has 17 heavy (non-hydrogen) atoms. The average Bonchev–Trinajstić information content (AvgIpc) is 2.84. The van der Waals surface area contributed by atoms with E-state index in [9.17, 15) is 4.79 Å². The van der Waals surface area contributed by atoms with Crippen molar-refractivity contribution in [3.8, 4) is 0 Å². The van der Waals surface area contributed by atoms with Crippen molar-refractivity contribution < 1.29 is 23.8 Å². The van der Waals surface area contributed by atoms with Crippen LogP contribution in [0.2, 0.25) is 0 Å². The molecule has 0 bridgehead atoms. The van der Waals surface area contributed by atoms with Gasteiger partial charge in [-0.25, -0.2) is 9.78 Å². The summed E-state index contributed by atoms with van der Waals surface area (Å²) in [6.45, 7) is 2.79. The summed E-state index contributed by atoms with van der Waals surface area (Å²) >= 11 is 0. The van der Waals surface area contributed by atoms with Gasteiger partial charge in [0.25, 0.3) is 0 Å². The Labute approximate surface area is 98.5 Å². The van der Waals surface area contributed by atoms with E-state index in [1.54, 1.807) is 0 Å². The molecule has 0 radical (unpaired) electrons. The first kappa shape index (κ1) is 12.1. The number of aromatic nitrogens is 1. The van der Waals surface area contributed by atoms with Crippen molar-refractivity contribution >= 4 is 5.97 Å². The highest BCUT2D eigenvalue weighted by Gasteiger charge is 2.32. The van der Waals surface area contributed by atoms with E-state index in [-0.39, 0.29) is 24.4 Å². The third kappa shape index (κ3) is 2.32. The predicted molar refractivity (Wildman–Crippen MR) is 56.6 cm³/mol. The molecule has 0 aliphatic carbocycles. The number of carbonyl (C=O) groups is 1. The Hall–Kier alpha value is -1.40. The lowest BCUT2D eigenvalue weighted by atomic mass is 10.0. The van der Waals surface area contributed by atoms with Crippen molar-refractivity contribution in [3.63, 3.8) is 0 Å². The molecule has 1 aliphatic rings. The standard InChI is InChI=1S/C11H15NO5/c1-6-3-4-16-8(6)10-12-7(5-15-2)9(17-10)11(13)14/h6,8H,3-5H2,1-2H3,(H,13,14). The van der Waals surface area contributed by atoms with Crippen molar-refractivity contribution in [2.75, 3.05) is 13.7 Å². The van der Waals surface area contributed by atoms with E-state index in [0.29, 0.717) is 18.2 Å². The van der Waals surface area contributed by atoms with Gasteiger partial charge >= 0.3 is 5.97 Å². The number of ether oxygens (including phenoxy) is 2. The van der Waals surface area contributed by atoms with Crippen LogP contribution in [-0.4, -0.2) is 29.8 Å². The van der Waals surface area contributed by atoms with Crippen LogP contribution in [0, 0.1) is 5.92 Å². The lowest BCUT2D eigenvalue weighted by Gasteiger charge is -2.09. The second-order valence-electron chi connectivity index (χ2n) is 4.12. The quantitative estimate of drug-likeness (QED) is 0.862. The minimum Gasteiger partial charge on any atom is -0.475 e. The Kier molecular flexibility index (Phi) is 3.44. The first-order valence-corrected chi connectivity index (χ1v) is 5.47. The van der Waals surface area contributed by atoms with Crippen LogP contribution in [0.3, 0.4) is 0 Å². The topological polar surface area (TPSA) is 81.8 Å². The van der Waals surface area contributed by atoms with Gasteiger partial charge in [-0.3, -0.25) is 0 Å². The summed E-state index contributed by atoms with van der Waals surface area (Å²) in [5, 5.41) is 8.98. The van der Waals surface area contributed by atoms with Gasteiger partial charge in [-0.1, -0.05) is 6.92 Å². The maximum atomic E-state index is 11.0. The van der Waals surface area contributed by atoms with Crippen molar-refractivity contribution in [3.05, 3.63) is 17.3 Å². The number of carboxylic acid groups (broad SMARTS) is 1. The zero-order valence-electron chi connectivity index (χ0n) is 9.80. The lowest BCUT2D eigenvalue weighted by Crippen LogP contribution is -2.04. The molecular weight excluding hydrogens is 226 g/mol. The number of hydrogen-bond donors (Lipinski definition) is 1. The van der Waals surface area contributed by atoms with E-state index in [2.05, 4.69) is 4.98 Å². The number of nitrogens with zero attached hydrogens (tertiary/aromatic N) is 1. The Bertz CT molecular complexity index is 414. The first-order chi connectivity index (χ1) is 8.13. The molecule has 1 aromatic heterocycles. The van der Waals surface area contributed by atoms with Gasteiger partial charge in [0, 0.05) is 13.7 Å². The Morgan fingerprint density at radius 2 is 2.41 bits per heavy atom. The molecule has 1 saturated heterocycles. The van der Waals surface area contributed by atoms with Crippen molar-refractivity contribution in [1.29, 1.82) is 0 Å². The van der Waals surface area contributed by atoms with Gasteiger partial charge in [0.1, 0.15) is 11.8 Å². The van der Waals surface area contributed by atoms with E-state index in [1.165, 1.54) is 7.11 Å². The average molecular weight is 241 g/mol. The molecule has 1 fully saturated rings. The van der Waals surface area contributed by atoms with Crippen LogP contribution in [0.4, 0.5) is 0 Å². The molecule has 0 aromatic carbocycles. The molecule has 2 unspecified atom stereocenters. The summed E-state index contributed by atoms with van der Waals surface area (Å²) in [7, 11) is 1.48. The second kappa shape index (κ2) is 4.85. The Morgan fingerprint density at radius 1 is 1.65 bits per heavy atom. The molecule has 2 rings (SSSR count). The second-order valence-corrected chi connectivity index (χ2v) is 4.12. The van der Waals surface area contributed by atoms with Gasteiger partial charge in [0.2, 0.25) is 11.7 Å². The van der Waals surface area contributed by atoms with Gasteiger partial charge in [0.15, 0.2) is 0 Å². The summed E-state index contributed by atoms with van der Waals surface area (Å²) in [5.74, 6) is -0.684. The zero-order chi connectivity index (χ0) is 12.4. The number of rotatable bonds is 4. The van der Waals surface area contributed by atoms with E-state index in [1.807, 2.05) is 6.92 Å². The van der Waals surface area contributed by atoms with Crippen LogP contribution in [-0.2, 0) is 16.1 Å². The third-order valence-electron chi connectivity index (χ3n) is 2.82. The van der Waals surface area contributed by atoms with Crippen molar-refractivity contribution in [1.82, 2.24) is 4.98 Å². The maximum Gasteiger partial charge on any atom is 0.373 e. The fourth-order valence-corrected chi connectivity index (χ4v) is 1.90. The van der Waals surface area contributed by atoms with E-state index in [4.69, 9.17) is 19.0 Å². The Morgan fingerprint density at radius 3 is 2.94 bits per heavy atom. The number of carboxylic acids is 1. The van der Waals surface area contributed by atoms with Gasteiger partial charge < -0.3 is 19.0 Å². The maximum absolute atomic E-state index is 11.0. The molecule has 0 spiro atoms. The molecule has 6 nitrogen and oxygen atoms in total. The minimum atomic E-state index is -1.14. The molecule has 0 amide bonds. The van der Waals surface area contributed by atoms with Crippen LogP contribution < -0.4 is 0 Å². The monoisotopic (exact) mass is 241 g/mol. The minimum absolute atomic E-state index is 0.117. The molecule has 1 aromatic rings. The van der Waals surface area contributed by atoms with Crippen molar-refractivity contribution in [2.24, 2.45) is 5.92 Å². The lowest BCUT2D eigenvalue weighted by molar-refractivity contribution is 0.0593. The van der Waals surface area contributed by atoms with E-state index in [0.717, 1.165) is 6.42 Å². The molecule has 94 valence electrons. The van der Waals surface area contributed by atoms with Crippen LogP contribution >= 0.6 is 0 Å². The van der Waals surface area contributed by atoms with Crippen LogP contribution in [0.5, 0.6) is 0 Å². The summed E-state index contributed by atoms with van der Waals surface area (Å²) in [6.07, 6.45) is 0.674. The number of methoxy groups -OCH3 is 1. The molecule has 6 heteroatoms. The van der Waals surface area contributed by atoms with Crippen LogP contribution in [0.1, 0.15) is 41.6 Å². The summed E-state index contributed by atoms with van der Waals surface area (Å²) in [4.78, 5) is 15.1. The normalized spacial score (nSPS) is 24.1. The zero-order valence-corrected chi connectivity index (χ0v) is 9.80. The van der Waals surface area contributed by atoms with Crippen LogP contribution in [0.15, 0.2) is 4.42 Å². The highest BCUT2D eigenvalue weighted by molar-refractivity contribution is 5.85. The smallest absolute Gasteiger partial charge is 0.373 e. The molecule has 2 heterocycles. The van der Waals surface area contributed by atoms with Gasteiger partial charge in [-0.15, -0.1) is 0 Å². The van der Waals surface area contributed by atoms with E-state index >= 15 is 0 Å². The van der Waals surface area contributed by atoms with Gasteiger partial charge in [0.05, 0.1) is 6.61 Å². The highest BCUT2D eigenvalue weighted by atomic mass is 16.5.